The summed E-state index contributed by atoms with van der Waals surface area (Å²) in [4.78, 5) is 20.8. The highest BCUT2D eigenvalue weighted by molar-refractivity contribution is 7.91. The fraction of sp³-hybridized carbons (Fsp3) is 0.276. The molecule has 0 aliphatic heterocycles. The van der Waals surface area contributed by atoms with Crippen LogP contribution in [-0.2, 0) is 16.3 Å². The highest BCUT2D eigenvalue weighted by Gasteiger charge is 2.31. The molecular formula is C29H30FN3O4S. The van der Waals surface area contributed by atoms with Gasteiger partial charge in [-0.3, -0.25) is 9.36 Å². The van der Waals surface area contributed by atoms with E-state index in [1.807, 2.05) is 45.0 Å². The van der Waals surface area contributed by atoms with E-state index in [2.05, 4.69) is 9.97 Å². The van der Waals surface area contributed by atoms with Gasteiger partial charge in [-0.25, -0.2) is 13.4 Å². The lowest BCUT2D eigenvalue weighted by molar-refractivity contribution is 0.406. The SMILES string of the molecule is CCCCc1nc(O)c(S(=O)(=O)c2ccc(-c3cccnc3F)cc2)c(=O)n1[C@@H](CC)c1cccc(C)c1. The van der Waals surface area contributed by atoms with Gasteiger partial charge in [-0.05, 0) is 55.2 Å². The number of unbranched alkanes of at least 4 members (excludes halogenated alkanes) is 1. The maximum Gasteiger partial charge on any atom is 0.277 e. The first kappa shape index (κ1) is 27.2. The Morgan fingerprint density at radius 2 is 1.79 bits per heavy atom. The van der Waals surface area contributed by atoms with Crippen molar-refractivity contribution >= 4 is 9.84 Å². The van der Waals surface area contributed by atoms with Gasteiger partial charge in [0.15, 0.2) is 4.90 Å². The maximum atomic E-state index is 14.1. The molecule has 0 amide bonds. The summed E-state index contributed by atoms with van der Waals surface area (Å²) >= 11 is 0. The van der Waals surface area contributed by atoms with Crippen LogP contribution in [0.5, 0.6) is 5.88 Å². The van der Waals surface area contributed by atoms with Crippen molar-refractivity contribution in [2.24, 2.45) is 0 Å². The van der Waals surface area contributed by atoms with Crippen molar-refractivity contribution in [1.29, 1.82) is 0 Å². The van der Waals surface area contributed by atoms with Crippen LogP contribution in [0.3, 0.4) is 0 Å². The smallest absolute Gasteiger partial charge is 0.277 e. The molecule has 0 spiro atoms. The molecule has 2 aromatic carbocycles. The topological polar surface area (TPSA) is 102 Å². The molecule has 0 bridgehead atoms. The van der Waals surface area contributed by atoms with Gasteiger partial charge < -0.3 is 5.11 Å². The summed E-state index contributed by atoms with van der Waals surface area (Å²) in [6.45, 7) is 5.86. The lowest BCUT2D eigenvalue weighted by Gasteiger charge is -2.23. The molecule has 4 rings (SSSR count). The van der Waals surface area contributed by atoms with Crippen LogP contribution in [0.15, 0.2) is 81.4 Å². The number of halogens is 1. The zero-order chi connectivity index (χ0) is 27.4. The third-order valence-electron chi connectivity index (χ3n) is 6.51. The number of pyridine rings is 1. The van der Waals surface area contributed by atoms with Crippen LogP contribution in [-0.4, -0.2) is 28.1 Å². The molecule has 198 valence electrons. The second kappa shape index (κ2) is 11.3. The largest absolute Gasteiger partial charge is 0.492 e. The molecule has 0 fully saturated rings. The molecule has 0 saturated carbocycles. The van der Waals surface area contributed by atoms with Gasteiger partial charge >= 0.3 is 0 Å². The van der Waals surface area contributed by atoms with E-state index in [-0.39, 0.29) is 10.5 Å². The summed E-state index contributed by atoms with van der Waals surface area (Å²) in [6, 6.07) is 15.8. The maximum absolute atomic E-state index is 14.1. The minimum atomic E-state index is -4.46. The Labute approximate surface area is 221 Å². The summed E-state index contributed by atoms with van der Waals surface area (Å²) in [7, 11) is -4.46. The van der Waals surface area contributed by atoms with Gasteiger partial charge in [-0.15, -0.1) is 0 Å². The number of aryl methyl sites for hydroxylation is 2. The second-order valence-corrected chi connectivity index (χ2v) is 11.1. The van der Waals surface area contributed by atoms with Crippen LogP contribution < -0.4 is 5.56 Å². The Kier molecular flexibility index (Phi) is 8.06. The number of hydrogen-bond acceptors (Lipinski definition) is 6. The summed E-state index contributed by atoms with van der Waals surface area (Å²) in [5.74, 6) is -1.17. The average Bonchev–Trinajstić information content (AvgIpc) is 2.89. The summed E-state index contributed by atoms with van der Waals surface area (Å²) in [6.07, 6.45) is 3.80. The predicted molar refractivity (Wildman–Crippen MR) is 143 cm³/mol. The van der Waals surface area contributed by atoms with Crippen molar-refractivity contribution in [2.75, 3.05) is 0 Å². The number of hydrogen-bond donors (Lipinski definition) is 1. The van der Waals surface area contributed by atoms with Gasteiger partial charge in [0.25, 0.3) is 5.56 Å². The first-order valence-corrected chi connectivity index (χ1v) is 14.0. The zero-order valence-electron chi connectivity index (χ0n) is 21.6. The number of aromatic hydroxyl groups is 1. The number of rotatable bonds is 9. The van der Waals surface area contributed by atoms with Gasteiger partial charge in [0.2, 0.25) is 21.7 Å². The Bertz CT molecular complexity index is 1620. The van der Waals surface area contributed by atoms with E-state index < -0.39 is 38.2 Å². The van der Waals surface area contributed by atoms with Gasteiger partial charge in [-0.2, -0.15) is 9.37 Å². The van der Waals surface area contributed by atoms with E-state index in [0.29, 0.717) is 30.7 Å². The van der Waals surface area contributed by atoms with Gasteiger partial charge in [0, 0.05) is 18.2 Å². The molecule has 1 atom stereocenters. The minimum absolute atomic E-state index is 0.212. The molecule has 7 nitrogen and oxygen atoms in total. The normalized spacial score (nSPS) is 12.4. The fourth-order valence-electron chi connectivity index (χ4n) is 4.59. The highest BCUT2D eigenvalue weighted by Crippen LogP contribution is 2.30. The third-order valence-corrected chi connectivity index (χ3v) is 8.30. The molecule has 2 heterocycles. The van der Waals surface area contributed by atoms with Crippen molar-refractivity contribution in [1.82, 2.24) is 14.5 Å². The van der Waals surface area contributed by atoms with E-state index in [9.17, 15) is 22.7 Å². The standard InChI is InChI=1S/C29H30FN3O4S/c1-4-6-12-25-32-28(34)26(29(35)33(25)24(5-2)21-10-7-9-19(3)18-21)38(36,37)22-15-13-20(14-16-22)23-11-8-17-31-27(23)30/h7-11,13-18,24,34H,4-6,12H2,1-3H3/t24-/m0/s1. The first-order chi connectivity index (χ1) is 18.2. The second-order valence-electron chi connectivity index (χ2n) is 9.17. The highest BCUT2D eigenvalue weighted by atomic mass is 32.2. The van der Waals surface area contributed by atoms with Gasteiger partial charge in [-0.1, -0.05) is 62.2 Å². The zero-order valence-corrected chi connectivity index (χ0v) is 22.4. The van der Waals surface area contributed by atoms with Crippen LogP contribution in [0.4, 0.5) is 4.39 Å². The third kappa shape index (κ3) is 5.24. The molecule has 0 unspecified atom stereocenters. The number of aromatic nitrogens is 3. The van der Waals surface area contributed by atoms with Crippen LogP contribution in [0.25, 0.3) is 11.1 Å². The van der Waals surface area contributed by atoms with Crippen LogP contribution >= 0.6 is 0 Å². The van der Waals surface area contributed by atoms with E-state index in [4.69, 9.17) is 0 Å². The predicted octanol–water partition coefficient (Wildman–Crippen LogP) is 5.63. The fourth-order valence-corrected chi connectivity index (χ4v) is 5.94. The number of sulfone groups is 1. The molecule has 1 N–H and O–H groups in total. The lowest BCUT2D eigenvalue weighted by Crippen LogP contribution is -2.33. The summed E-state index contributed by atoms with van der Waals surface area (Å²) < 4.78 is 42.9. The van der Waals surface area contributed by atoms with Crippen molar-refractivity contribution in [3.05, 3.63) is 100 Å². The van der Waals surface area contributed by atoms with Gasteiger partial charge in [0.05, 0.1) is 10.9 Å². The molecule has 0 saturated heterocycles. The summed E-state index contributed by atoms with van der Waals surface area (Å²) in [5.41, 5.74) is 1.68. The molecule has 9 heteroatoms. The van der Waals surface area contributed by atoms with Crippen molar-refractivity contribution in [2.45, 2.75) is 62.3 Å². The Morgan fingerprint density at radius 1 is 1.05 bits per heavy atom. The van der Waals surface area contributed by atoms with Crippen LogP contribution in [0.2, 0.25) is 0 Å². The van der Waals surface area contributed by atoms with E-state index in [1.54, 1.807) is 6.07 Å². The molecule has 0 aliphatic rings. The molecule has 0 radical (unpaired) electrons. The van der Waals surface area contributed by atoms with Gasteiger partial charge in [0.1, 0.15) is 5.82 Å². The van der Waals surface area contributed by atoms with Crippen LogP contribution in [0.1, 0.15) is 56.1 Å². The monoisotopic (exact) mass is 535 g/mol. The van der Waals surface area contributed by atoms with Crippen molar-refractivity contribution < 1.29 is 17.9 Å². The Morgan fingerprint density at radius 3 is 2.42 bits per heavy atom. The quantitative estimate of drug-likeness (QED) is 0.279. The Hall–Kier alpha value is -3.85. The number of benzene rings is 2. The van der Waals surface area contributed by atoms with Crippen molar-refractivity contribution in [3.63, 3.8) is 0 Å². The summed E-state index contributed by atoms with van der Waals surface area (Å²) in [5, 5.41) is 10.8. The lowest BCUT2D eigenvalue weighted by atomic mass is 10.0. The molecule has 0 aliphatic carbocycles. The number of nitrogens with zero attached hydrogens (tertiary/aromatic N) is 3. The first-order valence-electron chi connectivity index (χ1n) is 12.6. The molecule has 2 aromatic heterocycles. The van der Waals surface area contributed by atoms with E-state index >= 15 is 0 Å². The molecular weight excluding hydrogens is 505 g/mol. The van der Waals surface area contributed by atoms with E-state index in [1.165, 1.54) is 41.1 Å². The molecule has 4 aromatic rings. The van der Waals surface area contributed by atoms with Crippen molar-refractivity contribution in [3.8, 4) is 17.0 Å². The minimum Gasteiger partial charge on any atom is -0.492 e. The van der Waals surface area contributed by atoms with E-state index in [0.717, 1.165) is 17.5 Å². The molecule has 38 heavy (non-hydrogen) atoms. The van der Waals surface area contributed by atoms with Crippen LogP contribution in [0, 0.1) is 12.9 Å². The Balaban J connectivity index is 1.87. The average molecular weight is 536 g/mol.